The van der Waals surface area contributed by atoms with Crippen molar-refractivity contribution in [1.82, 2.24) is 20.0 Å². The molecule has 0 saturated carbocycles. The van der Waals surface area contributed by atoms with Crippen molar-refractivity contribution in [3.8, 4) is 0 Å². The third kappa shape index (κ3) is 1.55. The molecular formula is C10H11N5O2. The number of anilines is 1. The number of rotatable bonds is 2. The Morgan fingerprint density at radius 2 is 2.47 bits per heavy atom. The van der Waals surface area contributed by atoms with Gasteiger partial charge in [-0.1, -0.05) is 5.21 Å². The van der Waals surface area contributed by atoms with Crippen molar-refractivity contribution < 1.29 is 9.53 Å². The van der Waals surface area contributed by atoms with E-state index in [-0.39, 0.29) is 12.1 Å². The fraction of sp³-hybridized carbons (Fsp3) is 0.400. The molecule has 88 valence electrons. The number of nitrogens with two attached hydrogens (primary N) is 1. The molecule has 1 fully saturated rings. The van der Waals surface area contributed by atoms with Crippen LogP contribution in [0, 0.1) is 0 Å². The largest absolute Gasteiger partial charge is 0.382 e. The molecule has 1 saturated heterocycles. The Bertz CT molecular complexity index is 567. The maximum Gasteiger partial charge on any atom is 0.155 e. The zero-order chi connectivity index (χ0) is 11.8. The smallest absolute Gasteiger partial charge is 0.155 e. The standard InChI is InChI=1S/C10H11N5O2/c11-10-9-8(1-2-12-10)15(14-13-9)6-3-7(4-16)17-5-6/h1-2,4,6-7H,3,5H2,(H2,11,12)/t6-,7-/m1/s1. The Morgan fingerprint density at radius 3 is 3.24 bits per heavy atom. The molecule has 1 aliphatic rings. The lowest BCUT2D eigenvalue weighted by molar-refractivity contribution is -0.115. The molecule has 7 nitrogen and oxygen atoms in total. The second kappa shape index (κ2) is 3.77. The van der Waals surface area contributed by atoms with Gasteiger partial charge in [0, 0.05) is 12.6 Å². The van der Waals surface area contributed by atoms with Gasteiger partial charge in [0.25, 0.3) is 0 Å². The van der Waals surface area contributed by atoms with E-state index >= 15 is 0 Å². The maximum atomic E-state index is 10.6. The number of aldehydes is 1. The van der Waals surface area contributed by atoms with Crippen LogP contribution in [0.25, 0.3) is 11.0 Å². The zero-order valence-corrected chi connectivity index (χ0v) is 8.98. The van der Waals surface area contributed by atoms with Gasteiger partial charge in [0.05, 0.1) is 18.2 Å². The lowest BCUT2D eigenvalue weighted by atomic mass is 10.2. The van der Waals surface area contributed by atoms with Gasteiger partial charge in [-0.05, 0) is 6.07 Å². The van der Waals surface area contributed by atoms with E-state index in [2.05, 4.69) is 15.3 Å². The van der Waals surface area contributed by atoms with E-state index in [1.807, 2.05) is 0 Å². The molecule has 2 atom stereocenters. The van der Waals surface area contributed by atoms with Crippen LogP contribution < -0.4 is 5.73 Å². The van der Waals surface area contributed by atoms with Crippen molar-refractivity contribution in [2.24, 2.45) is 0 Å². The molecule has 0 bridgehead atoms. The van der Waals surface area contributed by atoms with Gasteiger partial charge in [-0.2, -0.15) is 0 Å². The Morgan fingerprint density at radius 1 is 1.59 bits per heavy atom. The van der Waals surface area contributed by atoms with Gasteiger partial charge >= 0.3 is 0 Å². The quantitative estimate of drug-likeness (QED) is 0.730. The molecule has 0 radical (unpaired) electrons. The molecule has 0 unspecified atom stereocenters. The van der Waals surface area contributed by atoms with Gasteiger partial charge in [0.2, 0.25) is 0 Å². The topological polar surface area (TPSA) is 95.9 Å². The molecule has 2 aromatic heterocycles. The van der Waals surface area contributed by atoms with Crippen molar-refractivity contribution in [2.75, 3.05) is 12.3 Å². The summed E-state index contributed by atoms with van der Waals surface area (Å²) in [5, 5.41) is 8.05. The van der Waals surface area contributed by atoms with Crippen LogP contribution in [0.4, 0.5) is 5.82 Å². The minimum atomic E-state index is -0.349. The van der Waals surface area contributed by atoms with E-state index in [1.54, 1.807) is 16.9 Å². The van der Waals surface area contributed by atoms with Crippen molar-refractivity contribution in [2.45, 2.75) is 18.6 Å². The number of nitrogens with zero attached hydrogens (tertiary/aromatic N) is 4. The Balaban J connectivity index is 2.01. The first-order valence-corrected chi connectivity index (χ1v) is 5.32. The van der Waals surface area contributed by atoms with Crippen molar-refractivity contribution >= 4 is 23.1 Å². The van der Waals surface area contributed by atoms with Crippen LogP contribution in [0.3, 0.4) is 0 Å². The van der Waals surface area contributed by atoms with Crippen LogP contribution in [0.1, 0.15) is 12.5 Å². The van der Waals surface area contributed by atoms with Crippen LogP contribution in [-0.2, 0) is 9.53 Å². The Labute approximate surface area is 96.6 Å². The second-order valence-electron chi connectivity index (χ2n) is 4.00. The third-order valence-corrected chi connectivity index (χ3v) is 2.92. The van der Waals surface area contributed by atoms with E-state index in [4.69, 9.17) is 10.5 Å². The molecule has 17 heavy (non-hydrogen) atoms. The SMILES string of the molecule is Nc1nccc2c1nnn2[C@H]1CO[C@@H](C=O)C1. The Kier molecular flexibility index (Phi) is 2.25. The molecule has 3 rings (SSSR count). The zero-order valence-electron chi connectivity index (χ0n) is 8.98. The molecular weight excluding hydrogens is 222 g/mol. The predicted octanol–water partition coefficient (Wildman–Crippen LogP) is -0.0626. The molecule has 0 spiro atoms. The molecule has 3 heterocycles. The van der Waals surface area contributed by atoms with E-state index in [0.29, 0.717) is 24.4 Å². The first-order chi connectivity index (χ1) is 8.29. The highest BCUT2D eigenvalue weighted by molar-refractivity contribution is 5.83. The maximum absolute atomic E-state index is 10.6. The number of pyridine rings is 1. The van der Waals surface area contributed by atoms with Crippen molar-refractivity contribution in [3.05, 3.63) is 12.3 Å². The average Bonchev–Trinajstić information content (AvgIpc) is 2.94. The third-order valence-electron chi connectivity index (χ3n) is 2.92. The monoisotopic (exact) mass is 233 g/mol. The molecule has 0 amide bonds. The lowest BCUT2D eigenvalue weighted by Gasteiger charge is -2.07. The normalized spacial score (nSPS) is 24.2. The summed E-state index contributed by atoms with van der Waals surface area (Å²) in [6.07, 6.45) is 2.70. The lowest BCUT2D eigenvalue weighted by Crippen LogP contribution is -2.11. The van der Waals surface area contributed by atoms with Gasteiger partial charge in [0.15, 0.2) is 11.3 Å². The summed E-state index contributed by atoms with van der Waals surface area (Å²) in [5.41, 5.74) is 7.11. The van der Waals surface area contributed by atoms with Gasteiger partial charge in [0.1, 0.15) is 12.4 Å². The fourth-order valence-corrected chi connectivity index (χ4v) is 2.06. The molecule has 1 aliphatic heterocycles. The molecule has 7 heteroatoms. The summed E-state index contributed by atoms with van der Waals surface area (Å²) >= 11 is 0. The predicted molar refractivity (Wildman–Crippen MR) is 59.2 cm³/mol. The highest BCUT2D eigenvalue weighted by Crippen LogP contribution is 2.26. The summed E-state index contributed by atoms with van der Waals surface area (Å²) in [5.74, 6) is 0.361. The number of hydrogen-bond acceptors (Lipinski definition) is 6. The second-order valence-corrected chi connectivity index (χ2v) is 4.00. The molecule has 2 aromatic rings. The minimum Gasteiger partial charge on any atom is -0.382 e. The van der Waals surface area contributed by atoms with Crippen LogP contribution in [0.5, 0.6) is 0 Å². The van der Waals surface area contributed by atoms with Gasteiger partial charge in [-0.3, -0.25) is 0 Å². The van der Waals surface area contributed by atoms with Gasteiger partial charge in [-0.15, -0.1) is 5.10 Å². The highest BCUT2D eigenvalue weighted by Gasteiger charge is 2.28. The summed E-state index contributed by atoms with van der Waals surface area (Å²) in [6.45, 7) is 0.462. The summed E-state index contributed by atoms with van der Waals surface area (Å²) in [6, 6.07) is 1.83. The number of carbonyl (C=O) groups excluding carboxylic acids is 1. The van der Waals surface area contributed by atoms with E-state index in [9.17, 15) is 4.79 Å². The van der Waals surface area contributed by atoms with E-state index in [0.717, 1.165) is 11.8 Å². The number of ether oxygens (including phenoxy) is 1. The molecule has 0 aromatic carbocycles. The number of hydrogen-bond donors (Lipinski definition) is 1. The summed E-state index contributed by atoms with van der Waals surface area (Å²) < 4.78 is 7.06. The van der Waals surface area contributed by atoms with E-state index < -0.39 is 0 Å². The first kappa shape index (κ1) is 10.2. The molecule has 0 aliphatic carbocycles. The van der Waals surface area contributed by atoms with Crippen LogP contribution in [0.2, 0.25) is 0 Å². The van der Waals surface area contributed by atoms with Crippen LogP contribution >= 0.6 is 0 Å². The van der Waals surface area contributed by atoms with E-state index in [1.165, 1.54) is 0 Å². The van der Waals surface area contributed by atoms with Crippen LogP contribution in [-0.4, -0.2) is 39.0 Å². The minimum absolute atomic E-state index is 0.0250. The first-order valence-electron chi connectivity index (χ1n) is 5.32. The summed E-state index contributed by atoms with van der Waals surface area (Å²) in [7, 11) is 0. The van der Waals surface area contributed by atoms with Crippen LogP contribution in [0.15, 0.2) is 12.3 Å². The summed E-state index contributed by atoms with van der Waals surface area (Å²) in [4.78, 5) is 14.6. The number of nitrogen functional groups attached to an aromatic ring is 1. The average molecular weight is 233 g/mol. The fourth-order valence-electron chi connectivity index (χ4n) is 2.06. The Hall–Kier alpha value is -2.02. The van der Waals surface area contributed by atoms with Crippen molar-refractivity contribution in [1.29, 1.82) is 0 Å². The highest BCUT2D eigenvalue weighted by atomic mass is 16.5. The van der Waals surface area contributed by atoms with Crippen molar-refractivity contribution in [3.63, 3.8) is 0 Å². The number of aromatic nitrogens is 4. The number of carbonyl (C=O) groups is 1. The molecule has 2 N–H and O–H groups in total. The van der Waals surface area contributed by atoms with Gasteiger partial charge < -0.3 is 15.3 Å². The number of fused-ring (bicyclic) bond motifs is 1. The van der Waals surface area contributed by atoms with Gasteiger partial charge in [-0.25, -0.2) is 9.67 Å².